The van der Waals surface area contributed by atoms with Gasteiger partial charge < -0.3 is 19.9 Å². The molecule has 0 bridgehead atoms. The summed E-state index contributed by atoms with van der Waals surface area (Å²) in [5.74, 6) is -0.275. The molecule has 28 heavy (non-hydrogen) atoms. The molecule has 1 atom stereocenters. The van der Waals surface area contributed by atoms with Crippen molar-refractivity contribution in [3.8, 4) is 0 Å². The second-order valence-electron chi connectivity index (χ2n) is 7.40. The highest BCUT2D eigenvalue weighted by Gasteiger charge is 2.34. The van der Waals surface area contributed by atoms with Gasteiger partial charge in [0.2, 0.25) is 11.8 Å². The summed E-state index contributed by atoms with van der Waals surface area (Å²) >= 11 is 0. The molecular weight excluding hydrogens is 356 g/mol. The number of nitrogens with one attached hydrogen (secondary N) is 1. The van der Waals surface area contributed by atoms with E-state index in [-0.39, 0.29) is 17.7 Å². The van der Waals surface area contributed by atoms with Crippen molar-refractivity contribution in [3.05, 3.63) is 24.3 Å². The first-order valence-electron chi connectivity index (χ1n) is 10.3. The summed E-state index contributed by atoms with van der Waals surface area (Å²) < 4.78 is 5.35. The van der Waals surface area contributed by atoms with Crippen LogP contribution in [-0.2, 0) is 14.3 Å². The van der Waals surface area contributed by atoms with Crippen LogP contribution in [0, 0.1) is 5.92 Å². The number of anilines is 2. The molecule has 3 rings (SSSR count). The zero-order chi connectivity index (χ0) is 19.9. The number of amides is 2. The molecular formula is C21H32N4O3. The van der Waals surface area contributed by atoms with E-state index >= 15 is 0 Å². The second-order valence-corrected chi connectivity index (χ2v) is 7.40. The highest BCUT2D eigenvalue weighted by Crippen LogP contribution is 2.22. The molecule has 1 unspecified atom stereocenters. The molecule has 2 amide bonds. The summed E-state index contributed by atoms with van der Waals surface area (Å²) in [4.78, 5) is 31.3. The molecule has 1 N–H and O–H groups in total. The van der Waals surface area contributed by atoms with Gasteiger partial charge >= 0.3 is 0 Å². The molecule has 0 spiro atoms. The van der Waals surface area contributed by atoms with Gasteiger partial charge in [-0.2, -0.15) is 0 Å². The lowest BCUT2D eigenvalue weighted by molar-refractivity contribution is -0.128. The fraction of sp³-hybridized carbons (Fsp3) is 0.619. The molecule has 2 aliphatic heterocycles. The van der Waals surface area contributed by atoms with Crippen LogP contribution < -0.4 is 10.2 Å². The summed E-state index contributed by atoms with van der Waals surface area (Å²) in [5.41, 5.74) is 1.92. The first-order chi connectivity index (χ1) is 13.6. The molecule has 0 aliphatic carbocycles. The largest absolute Gasteiger partial charge is 0.379 e. The van der Waals surface area contributed by atoms with Crippen molar-refractivity contribution >= 4 is 23.2 Å². The number of nitrogens with zero attached hydrogens (tertiary/aromatic N) is 3. The van der Waals surface area contributed by atoms with E-state index in [0.717, 1.165) is 57.3 Å². The highest BCUT2D eigenvalue weighted by atomic mass is 16.5. The maximum atomic E-state index is 12.6. The Morgan fingerprint density at radius 1 is 1.14 bits per heavy atom. The summed E-state index contributed by atoms with van der Waals surface area (Å²) in [7, 11) is 0. The van der Waals surface area contributed by atoms with Crippen molar-refractivity contribution < 1.29 is 14.3 Å². The van der Waals surface area contributed by atoms with E-state index in [4.69, 9.17) is 4.74 Å². The third-order valence-corrected chi connectivity index (χ3v) is 5.64. The number of hydrogen-bond donors (Lipinski definition) is 1. The average Bonchev–Trinajstić information content (AvgIpc) is 3.10. The molecule has 1 aromatic carbocycles. The smallest absolute Gasteiger partial charge is 0.229 e. The van der Waals surface area contributed by atoms with Crippen LogP contribution in [0.4, 0.5) is 11.4 Å². The van der Waals surface area contributed by atoms with Crippen LogP contribution in [0.15, 0.2) is 24.3 Å². The van der Waals surface area contributed by atoms with E-state index in [1.807, 2.05) is 29.2 Å². The minimum absolute atomic E-state index is 0.0715. The zero-order valence-electron chi connectivity index (χ0n) is 17.0. The summed E-state index contributed by atoms with van der Waals surface area (Å²) in [6.07, 6.45) is 0.298. The number of ether oxygens (including phenoxy) is 1. The molecule has 0 aromatic heterocycles. The second kappa shape index (κ2) is 9.89. The molecule has 0 saturated carbocycles. The molecule has 2 heterocycles. The monoisotopic (exact) mass is 388 g/mol. The number of rotatable bonds is 8. The van der Waals surface area contributed by atoms with E-state index in [1.54, 1.807) is 0 Å². The Labute approximate surface area is 167 Å². The molecule has 2 aliphatic rings. The van der Waals surface area contributed by atoms with Crippen molar-refractivity contribution in [2.75, 3.05) is 69.2 Å². The number of carbonyl (C=O) groups is 2. The maximum absolute atomic E-state index is 12.6. The minimum atomic E-state index is -0.278. The van der Waals surface area contributed by atoms with Gasteiger partial charge in [0.1, 0.15) is 0 Å². The Kier molecular flexibility index (Phi) is 7.28. The Balaban J connectivity index is 1.48. The first-order valence-corrected chi connectivity index (χ1v) is 10.3. The van der Waals surface area contributed by atoms with Gasteiger partial charge in [-0.05, 0) is 38.1 Å². The van der Waals surface area contributed by atoms with Gasteiger partial charge in [0.05, 0.1) is 19.1 Å². The van der Waals surface area contributed by atoms with Crippen molar-refractivity contribution in [2.45, 2.75) is 20.3 Å². The summed E-state index contributed by atoms with van der Waals surface area (Å²) in [6.45, 7) is 11.5. The van der Waals surface area contributed by atoms with Crippen LogP contribution in [0.2, 0.25) is 0 Å². The molecule has 7 nitrogen and oxygen atoms in total. The van der Waals surface area contributed by atoms with E-state index in [1.165, 1.54) is 0 Å². The summed E-state index contributed by atoms with van der Waals surface area (Å²) in [6, 6.07) is 7.91. The zero-order valence-corrected chi connectivity index (χ0v) is 17.0. The molecule has 0 radical (unpaired) electrons. The van der Waals surface area contributed by atoms with Crippen molar-refractivity contribution in [1.29, 1.82) is 0 Å². The number of likely N-dealkylation sites (tertiary alicyclic amines) is 1. The van der Waals surface area contributed by atoms with E-state index in [9.17, 15) is 9.59 Å². The third-order valence-electron chi connectivity index (χ3n) is 5.64. The van der Waals surface area contributed by atoms with E-state index in [2.05, 4.69) is 29.0 Å². The SMILES string of the molecule is CCN(CC)c1ccc(NC(=O)C2CC(=O)N(CCN3CCOCC3)C2)cc1. The predicted octanol–water partition coefficient (Wildman–Crippen LogP) is 1.65. The van der Waals surface area contributed by atoms with Crippen molar-refractivity contribution in [1.82, 2.24) is 9.80 Å². The highest BCUT2D eigenvalue weighted by molar-refractivity contribution is 5.97. The number of carbonyl (C=O) groups excluding carboxylic acids is 2. The quantitative estimate of drug-likeness (QED) is 0.734. The van der Waals surface area contributed by atoms with Gasteiger partial charge in [-0.1, -0.05) is 0 Å². The van der Waals surface area contributed by atoms with Gasteiger partial charge in [-0.15, -0.1) is 0 Å². The minimum Gasteiger partial charge on any atom is -0.379 e. The van der Waals surface area contributed by atoms with Crippen LogP contribution in [0.25, 0.3) is 0 Å². The van der Waals surface area contributed by atoms with Gasteiger partial charge in [0.15, 0.2) is 0 Å². The normalized spacial score (nSPS) is 20.4. The van der Waals surface area contributed by atoms with Gasteiger partial charge in [0, 0.05) is 63.6 Å². The van der Waals surface area contributed by atoms with Crippen molar-refractivity contribution in [3.63, 3.8) is 0 Å². The molecule has 154 valence electrons. The number of benzene rings is 1. The van der Waals surface area contributed by atoms with Crippen LogP contribution in [-0.4, -0.2) is 80.6 Å². The van der Waals surface area contributed by atoms with Gasteiger partial charge in [0.25, 0.3) is 0 Å². The lowest BCUT2D eigenvalue weighted by Gasteiger charge is -2.28. The topological polar surface area (TPSA) is 65.1 Å². The van der Waals surface area contributed by atoms with Crippen LogP contribution in [0.1, 0.15) is 20.3 Å². The predicted molar refractivity (Wildman–Crippen MR) is 111 cm³/mol. The number of hydrogen-bond acceptors (Lipinski definition) is 5. The first kappa shape index (κ1) is 20.6. The fourth-order valence-corrected chi connectivity index (χ4v) is 3.84. The average molecular weight is 389 g/mol. The lowest BCUT2D eigenvalue weighted by atomic mass is 10.1. The number of morpholine rings is 1. The van der Waals surface area contributed by atoms with Gasteiger partial charge in [-0.3, -0.25) is 14.5 Å². The molecule has 7 heteroatoms. The standard InChI is InChI=1S/C21H32N4O3/c1-3-24(4-2)19-7-5-18(6-8-19)22-21(27)17-15-20(26)25(16-17)10-9-23-11-13-28-14-12-23/h5-8,17H,3-4,9-16H2,1-2H3,(H,22,27). The van der Waals surface area contributed by atoms with E-state index < -0.39 is 0 Å². The van der Waals surface area contributed by atoms with Crippen LogP contribution in [0.5, 0.6) is 0 Å². The Morgan fingerprint density at radius 2 is 1.82 bits per heavy atom. The van der Waals surface area contributed by atoms with Crippen LogP contribution in [0.3, 0.4) is 0 Å². The Hall–Kier alpha value is -2.12. The molecule has 1 aromatic rings. The van der Waals surface area contributed by atoms with Crippen molar-refractivity contribution in [2.24, 2.45) is 5.92 Å². The fourth-order valence-electron chi connectivity index (χ4n) is 3.84. The molecule has 2 fully saturated rings. The van der Waals surface area contributed by atoms with E-state index in [0.29, 0.717) is 19.5 Å². The Morgan fingerprint density at radius 3 is 2.46 bits per heavy atom. The maximum Gasteiger partial charge on any atom is 0.229 e. The molecule has 2 saturated heterocycles. The third kappa shape index (κ3) is 5.23. The van der Waals surface area contributed by atoms with Gasteiger partial charge in [-0.25, -0.2) is 0 Å². The van der Waals surface area contributed by atoms with Crippen LogP contribution >= 0.6 is 0 Å². The Bertz CT molecular complexity index is 654. The lowest BCUT2D eigenvalue weighted by Crippen LogP contribution is -2.42. The summed E-state index contributed by atoms with van der Waals surface area (Å²) in [5, 5.41) is 2.97.